The number of halogens is 1. The van der Waals surface area contributed by atoms with Gasteiger partial charge in [-0.1, -0.05) is 15.9 Å². The summed E-state index contributed by atoms with van der Waals surface area (Å²) in [6, 6.07) is 5.52. The van der Waals surface area contributed by atoms with Crippen molar-refractivity contribution in [2.45, 2.75) is 37.1 Å². The molecule has 27 heavy (non-hydrogen) atoms. The predicted octanol–water partition coefficient (Wildman–Crippen LogP) is 2.20. The number of carboxylic acid groups (broad SMARTS) is 1. The van der Waals surface area contributed by atoms with Crippen molar-refractivity contribution in [2.75, 3.05) is 26.2 Å². The van der Waals surface area contributed by atoms with Crippen LogP contribution in [-0.2, 0) is 10.2 Å². The van der Waals surface area contributed by atoms with Gasteiger partial charge >= 0.3 is 6.09 Å². The van der Waals surface area contributed by atoms with Gasteiger partial charge in [0.25, 0.3) is 5.91 Å². The van der Waals surface area contributed by atoms with Crippen molar-refractivity contribution in [3.8, 4) is 0 Å². The number of nitrogens with zero attached hydrogens (tertiary/aromatic N) is 2. The summed E-state index contributed by atoms with van der Waals surface area (Å²) in [5, 5.41) is 12.0. The SMILES string of the molecule is O=C(CN1CC2(CC2)c2cc(Br)ccc2C1=O)N[C@@H]1CCCN(C(=O)O)C1. The summed E-state index contributed by atoms with van der Waals surface area (Å²) in [4.78, 5) is 39.5. The van der Waals surface area contributed by atoms with Crippen molar-refractivity contribution in [1.82, 2.24) is 15.1 Å². The molecule has 1 saturated carbocycles. The number of nitrogens with one attached hydrogen (secondary N) is 1. The maximum Gasteiger partial charge on any atom is 0.407 e. The molecule has 1 spiro atoms. The molecule has 0 radical (unpaired) electrons. The predicted molar refractivity (Wildman–Crippen MR) is 102 cm³/mol. The third-order valence-corrected chi connectivity index (χ3v) is 6.30. The average Bonchev–Trinajstić information content (AvgIpc) is 3.40. The number of hydrogen-bond acceptors (Lipinski definition) is 3. The Hall–Kier alpha value is -2.09. The molecule has 1 aliphatic carbocycles. The van der Waals surface area contributed by atoms with E-state index in [1.165, 1.54) is 4.90 Å². The zero-order valence-electron chi connectivity index (χ0n) is 14.9. The Morgan fingerprint density at radius 2 is 2.11 bits per heavy atom. The molecule has 1 aromatic carbocycles. The number of carbonyl (C=O) groups excluding carboxylic acids is 2. The number of carbonyl (C=O) groups is 3. The van der Waals surface area contributed by atoms with Crippen molar-refractivity contribution in [1.29, 1.82) is 0 Å². The fraction of sp³-hybridized carbons (Fsp3) is 0.526. The summed E-state index contributed by atoms with van der Waals surface area (Å²) in [6.45, 7) is 1.38. The Balaban J connectivity index is 1.43. The van der Waals surface area contributed by atoms with E-state index in [4.69, 9.17) is 5.11 Å². The summed E-state index contributed by atoms with van der Waals surface area (Å²) in [5.74, 6) is -0.335. The van der Waals surface area contributed by atoms with Crippen molar-refractivity contribution in [3.05, 3.63) is 33.8 Å². The highest BCUT2D eigenvalue weighted by Crippen LogP contribution is 2.52. The first-order chi connectivity index (χ1) is 12.9. The summed E-state index contributed by atoms with van der Waals surface area (Å²) in [6.07, 6.45) is 2.57. The Bertz CT molecular complexity index is 808. The van der Waals surface area contributed by atoms with Crippen LogP contribution in [0.5, 0.6) is 0 Å². The monoisotopic (exact) mass is 435 g/mol. The second-order valence-electron chi connectivity index (χ2n) is 7.77. The van der Waals surface area contributed by atoms with Crippen LogP contribution in [0, 0.1) is 0 Å². The van der Waals surface area contributed by atoms with Gasteiger partial charge in [-0.05, 0) is 49.4 Å². The van der Waals surface area contributed by atoms with Gasteiger partial charge in [-0.2, -0.15) is 0 Å². The second-order valence-corrected chi connectivity index (χ2v) is 8.68. The number of likely N-dealkylation sites (tertiary alicyclic amines) is 1. The Morgan fingerprint density at radius 3 is 2.81 bits per heavy atom. The van der Waals surface area contributed by atoms with Crippen LogP contribution >= 0.6 is 15.9 Å². The molecule has 4 rings (SSSR count). The van der Waals surface area contributed by atoms with Crippen LogP contribution in [0.3, 0.4) is 0 Å². The van der Waals surface area contributed by atoms with E-state index in [0.29, 0.717) is 25.2 Å². The normalized spacial score (nSPS) is 23.1. The van der Waals surface area contributed by atoms with Gasteiger partial charge in [0.1, 0.15) is 0 Å². The summed E-state index contributed by atoms with van der Waals surface area (Å²) in [7, 11) is 0. The molecule has 1 saturated heterocycles. The number of benzene rings is 1. The molecular formula is C19H22BrN3O4. The topological polar surface area (TPSA) is 90.0 Å². The molecule has 2 N–H and O–H groups in total. The fourth-order valence-corrected chi connectivity index (χ4v) is 4.62. The quantitative estimate of drug-likeness (QED) is 0.761. The fourth-order valence-electron chi connectivity index (χ4n) is 4.26. The number of piperidine rings is 1. The molecule has 7 nitrogen and oxygen atoms in total. The van der Waals surface area contributed by atoms with Crippen molar-refractivity contribution >= 4 is 33.8 Å². The molecule has 1 aromatic rings. The van der Waals surface area contributed by atoms with Crippen molar-refractivity contribution < 1.29 is 19.5 Å². The Kier molecular flexibility index (Phi) is 4.61. The highest BCUT2D eigenvalue weighted by atomic mass is 79.9. The van der Waals surface area contributed by atoms with Gasteiger partial charge in [0.05, 0.1) is 6.54 Å². The highest BCUT2D eigenvalue weighted by molar-refractivity contribution is 9.10. The molecule has 3 aliphatic rings. The van der Waals surface area contributed by atoms with Crippen LogP contribution in [0.1, 0.15) is 41.6 Å². The average molecular weight is 436 g/mol. The first-order valence-electron chi connectivity index (χ1n) is 9.24. The van der Waals surface area contributed by atoms with E-state index in [1.54, 1.807) is 4.90 Å². The van der Waals surface area contributed by atoms with E-state index in [9.17, 15) is 14.4 Å². The third kappa shape index (κ3) is 3.54. The zero-order chi connectivity index (χ0) is 19.2. The van der Waals surface area contributed by atoms with Crippen molar-refractivity contribution in [3.63, 3.8) is 0 Å². The largest absolute Gasteiger partial charge is 0.465 e. The summed E-state index contributed by atoms with van der Waals surface area (Å²) < 4.78 is 0.965. The Morgan fingerprint density at radius 1 is 1.33 bits per heavy atom. The van der Waals surface area contributed by atoms with Crippen LogP contribution in [0.2, 0.25) is 0 Å². The van der Waals surface area contributed by atoms with Crippen molar-refractivity contribution in [2.24, 2.45) is 0 Å². The van der Waals surface area contributed by atoms with Crippen LogP contribution in [0.15, 0.2) is 22.7 Å². The molecule has 2 fully saturated rings. The number of amides is 3. The summed E-state index contributed by atoms with van der Waals surface area (Å²) in [5.41, 5.74) is 1.76. The molecule has 3 amide bonds. The van der Waals surface area contributed by atoms with Crippen LogP contribution in [-0.4, -0.2) is 65.0 Å². The highest BCUT2D eigenvalue weighted by Gasteiger charge is 2.51. The molecule has 2 heterocycles. The maximum absolute atomic E-state index is 12.9. The van der Waals surface area contributed by atoms with Gasteiger partial charge in [-0.3, -0.25) is 9.59 Å². The molecule has 1 atom stereocenters. The van der Waals surface area contributed by atoms with Gasteiger partial charge in [0.15, 0.2) is 0 Å². The molecule has 2 aliphatic heterocycles. The van der Waals surface area contributed by atoms with Gasteiger partial charge in [-0.25, -0.2) is 4.79 Å². The zero-order valence-corrected chi connectivity index (χ0v) is 16.5. The Labute approximate surface area is 165 Å². The lowest BCUT2D eigenvalue weighted by Crippen LogP contribution is -2.53. The molecule has 0 unspecified atom stereocenters. The minimum absolute atomic E-state index is 0.0136. The maximum atomic E-state index is 12.9. The lowest BCUT2D eigenvalue weighted by atomic mass is 9.86. The van der Waals surface area contributed by atoms with Gasteiger partial charge in [0, 0.05) is 41.1 Å². The lowest BCUT2D eigenvalue weighted by molar-refractivity contribution is -0.123. The lowest BCUT2D eigenvalue weighted by Gasteiger charge is -2.35. The van der Waals surface area contributed by atoms with Gasteiger partial charge in [0.2, 0.25) is 5.91 Å². The summed E-state index contributed by atoms with van der Waals surface area (Å²) >= 11 is 3.48. The minimum atomic E-state index is -0.960. The van der Waals surface area contributed by atoms with Crippen LogP contribution in [0.4, 0.5) is 4.79 Å². The van der Waals surface area contributed by atoms with Gasteiger partial charge in [-0.15, -0.1) is 0 Å². The standard InChI is InChI=1S/C19H22BrN3O4/c20-12-3-4-14-15(8-12)19(5-6-19)11-23(17(14)25)10-16(24)21-13-2-1-7-22(9-13)18(26)27/h3-4,8,13H,1-2,5-7,9-11H2,(H,21,24)(H,26,27)/t13-/m1/s1. The number of rotatable bonds is 3. The molecule has 144 valence electrons. The molecule has 0 aromatic heterocycles. The van der Waals surface area contributed by atoms with E-state index >= 15 is 0 Å². The van der Waals surface area contributed by atoms with E-state index in [2.05, 4.69) is 21.2 Å². The van der Waals surface area contributed by atoms with E-state index in [-0.39, 0.29) is 29.8 Å². The smallest absolute Gasteiger partial charge is 0.407 e. The molecule has 8 heteroatoms. The van der Waals surface area contributed by atoms with Crippen LogP contribution in [0.25, 0.3) is 0 Å². The van der Waals surface area contributed by atoms with E-state index in [0.717, 1.165) is 35.7 Å². The second kappa shape index (κ2) is 6.82. The molecule has 0 bridgehead atoms. The van der Waals surface area contributed by atoms with Crippen LogP contribution < -0.4 is 5.32 Å². The first-order valence-corrected chi connectivity index (χ1v) is 10.0. The third-order valence-electron chi connectivity index (χ3n) is 5.81. The minimum Gasteiger partial charge on any atom is -0.465 e. The van der Waals surface area contributed by atoms with Gasteiger partial charge < -0.3 is 20.2 Å². The first kappa shape index (κ1) is 18.3. The van der Waals surface area contributed by atoms with E-state index < -0.39 is 6.09 Å². The number of hydrogen-bond donors (Lipinski definition) is 2. The number of fused-ring (bicyclic) bond motifs is 2. The van der Waals surface area contributed by atoms with E-state index in [1.807, 2.05) is 18.2 Å². The molecular weight excluding hydrogens is 414 g/mol.